The summed E-state index contributed by atoms with van der Waals surface area (Å²) in [5.74, 6) is 0.252. The van der Waals surface area contributed by atoms with Crippen molar-refractivity contribution in [3.8, 4) is 0 Å². The summed E-state index contributed by atoms with van der Waals surface area (Å²) < 4.78 is 0. The van der Waals surface area contributed by atoms with Gasteiger partial charge in [-0.1, -0.05) is 30.3 Å². The standard InChI is InChI=1S/C19H31N5O2/c1-6-24(14-15-10-8-7-9-11-15)17(26)13-22-18(20-5)21-12-16(25)23-19(2,3)4/h7-11H,6,12-14H2,1-5H3,(H,23,25)(H2,20,21,22). The lowest BCUT2D eigenvalue weighted by Gasteiger charge is -2.22. The minimum atomic E-state index is -0.287. The van der Waals surface area contributed by atoms with Crippen LogP contribution in [0.5, 0.6) is 0 Å². The number of benzene rings is 1. The molecule has 144 valence electrons. The molecule has 0 saturated heterocycles. The molecule has 26 heavy (non-hydrogen) atoms. The number of hydrogen-bond donors (Lipinski definition) is 3. The number of nitrogens with one attached hydrogen (secondary N) is 3. The van der Waals surface area contributed by atoms with Crippen LogP contribution in [-0.2, 0) is 16.1 Å². The molecule has 1 aromatic rings. The van der Waals surface area contributed by atoms with Crippen LogP contribution in [0.15, 0.2) is 35.3 Å². The highest BCUT2D eigenvalue weighted by Crippen LogP contribution is 2.04. The van der Waals surface area contributed by atoms with Gasteiger partial charge in [0.05, 0.1) is 13.1 Å². The van der Waals surface area contributed by atoms with Crippen molar-refractivity contribution < 1.29 is 9.59 Å². The van der Waals surface area contributed by atoms with Gasteiger partial charge < -0.3 is 20.9 Å². The topological polar surface area (TPSA) is 85.8 Å². The lowest BCUT2D eigenvalue weighted by molar-refractivity contribution is -0.130. The number of carbonyl (C=O) groups is 2. The first-order valence-corrected chi connectivity index (χ1v) is 8.82. The molecule has 1 rings (SSSR count). The molecule has 2 amide bonds. The number of carbonyl (C=O) groups excluding carboxylic acids is 2. The molecular formula is C19H31N5O2. The highest BCUT2D eigenvalue weighted by molar-refractivity contribution is 5.89. The van der Waals surface area contributed by atoms with E-state index in [2.05, 4.69) is 20.9 Å². The SMILES string of the molecule is CCN(Cc1ccccc1)C(=O)CNC(=NC)NCC(=O)NC(C)(C)C. The summed E-state index contributed by atoms with van der Waals surface area (Å²) in [5.41, 5.74) is 0.800. The second kappa shape index (κ2) is 10.4. The number of nitrogens with zero attached hydrogens (tertiary/aromatic N) is 2. The van der Waals surface area contributed by atoms with Crippen LogP contribution < -0.4 is 16.0 Å². The summed E-state index contributed by atoms with van der Waals surface area (Å²) in [4.78, 5) is 30.1. The average Bonchev–Trinajstić information content (AvgIpc) is 2.59. The van der Waals surface area contributed by atoms with Gasteiger partial charge in [0, 0.05) is 25.7 Å². The second-order valence-electron chi connectivity index (χ2n) is 6.97. The number of likely N-dealkylation sites (N-methyl/N-ethyl adjacent to an activating group) is 1. The van der Waals surface area contributed by atoms with E-state index in [4.69, 9.17) is 0 Å². The Morgan fingerprint density at radius 2 is 1.69 bits per heavy atom. The fourth-order valence-electron chi connectivity index (χ4n) is 2.30. The molecule has 1 aromatic carbocycles. The molecule has 3 N–H and O–H groups in total. The maximum absolute atomic E-state index is 12.4. The summed E-state index contributed by atoms with van der Waals surface area (Å²) in [6.45, 7) is 9.10. The smallest absolute Gasteiger partial charge is 0.242 e. The first-order valence-electron chi connectivity index (χ1n) is 8.82. The van der Waals surface area contributed by atoms with E-state index >= 15 is 0 Å². The fraction of sp³-hybridized carbons (Fsp3) is 0.526. The third-order valence-electron chi connectivity index (χ3n) is 3.51. The van der Waals surface area contributed by atoms with Gasteiger partial charge in [0.2, 0.25) is 11.8 Å². The first kappa shape index (κ1) is 21.5. The zero-order chi connectivity index (χ0) is 19.6. The van der Waals surface area contributed by atoms with Gasteiger partial charge in [0.25, 0.3) is 0 Å². The monoisotopic (exact) mass is 361 g/mol. The van der Waals surface area contributed by atoms with Crippen molar-refractivity contribution in [2.45, 2.75) is 39.8 Å². The first-order chi connectivity index (χ1) is 12.2. The zero-order valence-electron chi connectivity index (χ0n) is 16.4. The maximum atomic E-state index is 12.4. The van der Waals surface area contributed by atoms with Crippen LogP contribution in [-0.4, -0.2) is 54.9 Å². The minimum Gasteiger partial charge on any atom is -0.350 e. The van der Waals surface area contributed by atoms with E-state index in [0.717, 1.165) is 5.56 Å². The maximum Gasteiger partial charge on any atom is 0.242 e. The number of amides is 2. The number of aliphatic imine (C=N–C) groups is 1. The van der Waals surface area contributed by atoms with Crippen molar-refractivity contribution in [2.24, 2.45) is 4.99 Å². The Labute approximate surface area is 156 Å². The minimum absolute atomic E-state index is 0.0292. The highest BCUT2D eigenvalue weighted by Gasteiger charge is 2.15. The molecule has 0 aliphatic rings. The lowest BCUT2D eigenvalue weighted by Crippen LogP contribution is -2.49. The van der Waals surface area contributed by atoms with Gasteiger partial charge in [-0.25, -0.2) is 0 Å². The Kier molecular flexibility index (Phi) is 8.61. The largest absolute Gasteiger partial charge is 0.350 e. The van der Waals surface area contributed by atoms with Gasteiger partial charge in [0.1, 0.15) is 0 Å². The Morgan fingerprint density at radius 3 is 2.23 bits per heavy atom. The summed E-state index contributed by atoms with van der Waals surface area (Å²) in [6.07, 6.45) is 0. The van der Waals surface area contributed by atoms with Crippen molar-refractivity contribution in [3.05, 3.63) is 35.9 Å². The molecule has 0 radical (unpaired) electrons. The van der Waals surface area contributed by atoms with Crippen molar-refractivity contribution in [3.63, 3.8) is 0 Å². The molecule has 0 unspecified atom stereocenters. The molecule has 0 heterocycles. The molecule has 0 aromatic heterocycles. The van der Waals surface area contributed by atoms with E-state index in [1.54, 1.807) is 11.9 Å². The van der Waals surface area contributed by atoms with Crippen LogP contribution in [0.25, 0.3) is 0 Å². The van der Waals surface area contributed by atoms with Crippen LogP contribution in [0.1, 0.15) is 33.3 Å². The van der Waals surface area contributed by atoms with Crippen LogP contribution in [0, 0.1) is 0 Å². The van der Waals surface area contributed by atoms with E-state index < -0.39 is 0 Å². The molecule has 0 bridgehead atoms. The molecule has 0 saturated carbocycles. The third kappa shape index (κ3) is 8.50. The van der Waals surface area contributed by atoms with Crippen LogP contribution in [0.4, 0.5) is 0 Å². The molecule has 0 aliphatic heterocycles. The molecule has 0 fully saturated rings. The van der Waals surface area contributed by atoms with E-state index in [9.17, 15) is 9.59 Å². The Hall–Kier alpha value is -2.57. The van der Waals surface area contributed by atoms with Gasteiger partial charge in [-0.3, -0.25) is 14.6 Å². The van der Waals surface area contributed by atoms with Crippen molar-refractivity contribution >= 4 is 17.8 Å². The third-order valence-corrected chi connectivity index (χ3v) is 3.51. The Bertz CT molecular complexity index is 608. The van der Waals surface area contributed by atoms with Crippen molar-refractivity contribution in [1.82, 2.24) is 20.9 Å². The highest BCUT2D eigenvalue weighted by atomic mass is 16.2. The zero-order valence-corrected chi connectivity index (χ0v) is 16.4. The summed E-state index contributed by atoms with van der Waals surface area (Å²) in [6, 6.07) is 9.87. The average molecular weight is 361 g/mol. The second-order valence-corrected chi connectivity index (χ2v) is 6.97. The number of guanidine groups is 1. The van der Waals surface area contributed by atoms with Gasteiger partial charge in [0.15, 0.2) is 5.96 Å². The normalized spacial score (nSPS) is 11.7. The van der Waals surface area contributed by atoms with Gasteiger partial charge in [-0.05, 0) is 33.3 Å². The fourth-order valence-corrected chi connectivity index (χ4v) is 2.30. The molecular weight excluding hydrogens is 330 g/mol. The van der Waals surface area contributed by atoms with Crippen LogP contribution in [0.2, 0.25) is 0 Å². The predicted octanol–water partition coefficient (Wildman–Crippen LogP) is 1.11. The predicted molar refractivity (Wildman–Crippen MR) is 105 cm³/mol. The van der Waals surface area contributed by atoms with E-state index in [1.807, 2.05) is 58.0 Å². The molecule has 7 heteroatoms. The van der Waals surface area contributed by atoms with E-state index in [-0.39, 0.29) is 30.4 Å². The Morgan fingerprint density at radius 1 is 1.08 bits per heavy atom. The lowest BCUT2D eigenvalue weighted by atomic mass is 10.1. The van der Waals surface area contributed by atoms with E-state index in [0.29, 0.717) is 19.0 Å². The van der Waals surface area contributed by atoms with Crippen molar-refractivity contribution in [2.75, 3.05) is 26.7 Å². The molecule has 0 atom stereocenters. The molecule has 0 spiro atoms. The van der Waals surface area contributed by atoms with Crippen molar-refractivity contribution in [1.29, 1.82) is 0 Å². The van der Waals surface area contributed by atoms with Crippen LogP contribution >= 0.6 is 0 Å². The number of hydrogen-bond acceptors (Lipinski definition) is 3. The van der Waals surface area contributed by atoms with E-state index in [1.165, 1.54) is 0 Å². The summed E-state index contributed by atoms with van der Waals surface area (Å²) in [5, 5.41) is 8.72. The van der Waals surface area contributed by atoms with Crippen LogP contribution in [0.3, 0.4) is 0 Å². The van der Waals surface area contributed by atoms with Gasteiger partial charge >= 0.3 is 0 Å². The molecule has 0 aliphatic carbocycles. The Balaban J connectivity index is 2.46. The van der Waals surface area contributed by atoms with Gasteiger partial charge in [-0.15, -0.1) is 0 Å². The summed E-state index contributed by atoms with van der Waals surface area (Å²) in [7, 11) is 1.60. The van der Waals surface area contributed by atoms with Gasteiger partial charge in [-0.2, -0.15) is 0 Å². The quantitative estimate of drug-likeness (QED) is 0.502. The summed E-state index contributed by atoms with van der Waals surface area (Å²) >= 11 is 0. The number of rotatable bonds is 7. The molecule has 7 nitrogen and oxygen atoms in total.